The highest BCUT2D eigenvalue weighted by molar-refractivity contribution is 7.91. The highest BCUT2D eigenvalue weighted by Crippen LogP contribution is 2.31. The third kappa shape index (κ3) is 2.79. The minimum Gasteiger partial charge on any atom is -0.508 e. The molecule has 0 spiro atoms. The molecule has 5 heteroatoms. The van der Waals surface area contributed by atoms with Crippen LogP contribution in [0.25, 0.3) is 0 Å². The zero-order chi connectivity index (χ0) is 12.5. The molecular formula is C12H17NO3S. The van der Waals surface area contributed by atoms with E-state index in [1.165, 1.54) is 0 Å². The van der Waals surface area contributed by atoms with E-state index in [4.69, 9.17) is 0 Å². The molecule has 0 bridgehead atoms. The molecule has 1 aromatic carbocycles. The molecule has 1 heterocycles. The lowest BCUT2D eigenvalue weighted by atomic mass is 9.92. The van der Waals surface area contributed by atoms with Gasteiger partial charge in [0.2, 0.25) is 0 Å². The number of sulfone groups is 1. The zero-order valence-corrected chi connectivity index (χ0v) is 10.6. The van der Waals surface area contributed by atoms with Gasteiger partial charge in [-0.2, -0.15) is 0 Å². The van der Waals surface area contributed by atoms with Crippen molar-refractivity contribution in [3.8, 4) is 5.75 Å². The van der Waals surface area contributed by atoms with Crippen molar-refractivity contribution in [1.29, 1.82) is 0 Å². The van der Waals surface area contributed by atoms with Crippen LogP contribution < -0.4 is 5.32 Å². The van der Waals surface area contributed by atoms with Crippen molar-refractivity contribution in [2.24, 2.45) is 5.92 Å². The van der Waals surface area contributed by atoms with Gasteiger partial charge < -0.3 is 10.4 Å². The second kappa shape index (κ2) is 4.66. The Bertz CT molecular complexity index is 481. The molecule has 0 saturated carbocycles. The van der Waals surface area contributed by atoms with Crippen LogP contribution in [-0.4, -0.2) is 32.1 Å². The molecule has 94 valence electrons. The summed E-state index contributed by atoms with van der Waals surface area (Å²) in [5, 5.41) is 12.4. The summed E-state index contributed by atoms with van der Waals surface area (Å²) in [6.07, 6.45) is 0.703. The normalized spacial score (nSPS) is 24.6. The van der Waals surface area contributed by atoms with E-state index < -0.39 is 9.84 Å². The first-order valence-electron chi connectivity index (χ1n) is 5.68. The van der Waals surface area contributed by atoms with Gasteiger partial charge in [-0.3, -0.25) is 0 Å². The second-order valence-electron chi connectivity index (χ2n) is 4.52. The quantitative estimate of drug-likeness (QED) is 0.848. The monoisotopic (exact) mass is 255 g/mol. The number of benzene rings is 1. The summed E-state index contributed by atoms with van der Waals surface area (Å²) < 4.78 is 23.0. The largest absolute Gasteiger partial charge is 0.508 e. The van der Waals surface area contributed by atoms with Crippen molar-refractivity contribution in [3.05, 3.63) is 29.8 Å². The minimum atomic E-state index is -2.86. The number of phenols is 1. The van der Waals surface area contributed by atoms with E-state index in [0.717, 1.165) is 5.56 Å². The van der Waals surface area contributed by atoms with Crippen molar-refractivity contribution < 1.29 is 13.5 Å². The predicted octanol–water partition coefficient (Wildman–Crippen LogP) is 1.09. The standard InChI is InChI=1S/C12H17NO3S/c1-13-12(9-2-4-11(14)5-3-9)10-6-7-17(15,16)8-10/h2-5,10,12-14H,6-8H2,1H3. The highest BCUT2D eigenvalue weighted by Gasteiger charge is 2.33. The summed E-state index contributed by atoms with van der Waals surface area (Å²) in [5.41, 5.74) is 1.02. The third-order valence-electron chi connectivity index (χ3n) is 3.30. The first kappa shape index (κ1) is 12.4. The topological polar surface area (TPSA) is 66.4 Å². The average molecular weight is 255 g/mol. The number of aromatic hydroxyl groups is 1. The van der Waals surface area contributed by atoms with Crippen LogP contribution in [0.4, 0.5) is 0 Å². The summed E-state index contributed by atoms with van der Waals surface area (Å²) >= 11 is 0. The van der Waals surface area contributed by atoms with Crippen LogP contribution in [0.2, 0.25) is 0 Å². The molecule has 17 heavy (non-hydrogen) atoms. The number of phenolic OH excluding ortho intramolecular Hbond substituents is 1. The smallest absolute Gasteiger partial charge is 0.150 e. The molecule has 1 aliphatic heterocycles. The number of nitrogens with one attached hydrogen (secondary N) is 1. The molecule has 1 fully saturated rings. The van der Waals surface area contributed by atoms with Gasteiger partial charge in [-0.15, -0.1) is 0 Å². The molecule has 2 unspecified atom stereocenters. The summed E-state index contributed by atoms with van der Waals surface area (Å²) in [6.45, 7) is 0. The molecule has 0 amide bonds. The van der Waals surface area contributed by atoms with Crippen molar-refractivity contribution in [2.45, 2.75) is 12.5 Å². The Morgan fingerprint density at radius 2 is 2.00 bits per heavy atom. The molecule has 1 aromatic rings. The molecule has 2 rings (SSSR count). The van der Waals surface area contributed by atoms with Gasteiger partial charge >= 0.3 is 0 Å². The van der Waals surface area contributed by atoms with Gasteiger partial charge in [0.1, 0.15) is 5.75 Å². The van der Waals surface area contributed by atoms with Gasteiger partial charge in [-0.25, -0.2) is 8.42 Å². The maximum Gasteiger partial charge on any atom is 0.150 e. The molecule has 0 aliphatic carbocycles. The minimum absolute atomic E-state index is 0.0351. The maximum atomic E-state index is 11.5. The van der Waals surface area contributed by atoms with Crippen LogP contribution in [0, 0.1) is 5.92 Å². The van der Waals surface area contributed by atoms with Gasteiger partial charge in [0.15, 0.2) is 9.84 Å². The average Bonchev–Trinajstić information content (AvgIpc) is 2.63. The van der Waals surface area contributed by atoms with Gasteiger partial charge in [-0.1, -0.05) is 12.1 Å². The maximum absolute atomic E-state index is 11.5. The van der Waals surface area contributed by atoms with E-state index in [-0.39, 0.29) is 29.2 Å². The fraction of sp³-hybridized carbons (Fsp3) is 0.500. The van der Waals surface area contributed by atoms with Gasteiger partial charge in [0.05, 0.1) is 11.5 Å². The summed E-state index contributed by atoms with van der Waals surface area (Å²) in [6, 6.07) is 6.96. The SMILES string of the molecule is CNC(c1ccc(O)cc1)C1CCS(=O)(=O)C1. The lowest BCUT2D eigenvalue weighted by Gasteiger charge is -2.22. The van der Waals surface area contributed by atoms with Gasteiger partial charge in [0.25, 0.3) is 0 Å². The van der Waals surface area contributed by atoms with Crippen LogP contribution >= 0.6 is 0 Å². The van der Waals surface area contributed by atoms with Gasteiger partial charge in [-0.05, 0) is 37.1 Å². The molecule has 1 aliphatic rings. The number of hydrogen-bond donors (Lipinski definition) is 2. The van der Waals surface area contributed by atoms with Crippen LogP contribution in [0.5, 0.6) is 5.75 Å². The van der Waals surface area contributed by atoms with E-state index in [9.17, 15) is 13.5 Å². The second-order valence-corrected chi connectivity index (χ2v) is 6.75. The van der Waals surface area contributed by atoms with Crippen LogP contribution in [0.3, 0.4) is 0 Å². The van der Waals surface area contributed by atoms with Crippen LogP contribution in [-0.2, 0) is 9.84 Å². The Morgan fingerprint density at radius 1 is 1.35 bits per heavy atom. The molecule has 2 N–H and O–H groups in total. The Balaban J connectivity index is 2.20. The van der Waals surface area contributed by atoms with Crippen LogP contribution in [0.1, 0.15) is 18.0 Å². The first-order valence-corrected chi connectivity index (χ1v) is 7.50. The van der Waals surface area contributed by atoms with Crippen molar-refractivity contribution in [3.63, 3.8) is 0 Å². The molecule has 0 radical (unpaired) electrons. The van der Waals surface area contributed by atoms with E-state index >= 15 is 0 Å². The van der Waals surface area contributed by atoms with E-state index in [1.807, 2.05) is 19.2 Å². The summed E-state index contributed by atoms with van der Waals surface area (Å²) in [5.74, 6) is 0.880. The molecule has 1 saturated heterocycles. The Morgan fingerprint density at radius 3 is 2.47 bits per heavy atom. The first-order chi connectivity index (χ1) is 8.02. The number of hydrogen-bond acceptors (Lipinski definition) is 4. The van der Waals surface area contributed by atoms with E-state index in [0.29, 0.717) is 6.42 Å². The van der Waals surface area contributed by atoms with Crippen molar-refractivity contribution in [2.75, 3.05) is 18.6 Å². The zero-order valence-electron chi connectivity index (χ0n) is 9.76. The predicted molar refractivity (Wildman–Crippen MR) is 66.7 cm³/mol. The fourth-order valence-electron chi connectivity index (χ4n) is 2.44. The fourth-order valence-corrected chi connectivity index (χ4v) is 4.28. The van der Waals surface area contributed by atoms with Crippen molar-refractivity contribution >= 4 is 9.84 Å². The van der Waals surface area contributed by atoms with E-state index in [1.54, 1.807) is 12.1 Å². The molecular weight excluding hydrogens is 238 g/mol. The third-order valence-corrected chi connectivity index (χ3v) is 5.10. The Hall–Kier alpha value is -1.07. The molecule has 4 nitrogen and oxygen atoms in total. The molecule has 2 atom stereocenters. The summed E-state index contributed by atoms with van der Waals surface area (Å²) in [7, 11) is -1.02. The van der Waals surface area contributed by atoms with E-state index in [2.05, 4.69) is 5.32 Å². The van der Waals surface area contributed by atoms with Crippen LogP contribution in [0.15, 0.2) is 24.3 Å². The van der Waals surface area contributed by atoms with Gasteiger partial charge in [0, 0.05) is 6.04 Å². The Kier molecular flexibility index (Phi) is 3.40. The molecule has 0 aromatic heterocycles. The highest BCUT2D eigenvalue weighted by atomic mass is 32.2. The van der Waals surface area contributed by atoms with Crippen molar-refractivity contribution in [1.82, 2.24) is 5.32 Å². The lowest BCUT2D eigenvalue weighted by Crippen LogP contribution is -2.26. The lowest BCUT2D eigenvalue weighted by molar-refractivity contribution is 0.417. The number of rotatable bonds is 3. The summed E-state index contributed by atoms with van der Waals surface area (Å²) in [4.78, 5) is 0. The Labute approximate surface area is 102 Å².